The SMILES string of the molecule is Cl.Nc1ncc(CN2CCN(C3CC3)c3ccc(F)cc32)s1. The Morgan fingerprint density at radius 2 is 2.09 bits per heavy atom. The minimum atomic E-state index is -0.180. The molecule has 7 heteroatoms. The van der Waals surface area contributed by atoms with Crippen molar-refractivity contribution < 1.29 is 4.39 Å². The van der Waals surface area contributed by atoms with Gasteiger partial charge < -0.3 is 15.5 Å². The predicted octanol–water partition coefficient (Wildman–Crippen LogP) is 3.28. The van der Waals surface area contributed by atoms with E-state index >= 15 is 0 Å². The normalized spacial score (nSPS) is 17.1. The molecule has 1 aromatic carbocycles. The van der Waals surface area contributed by atoms with Gasteiger partial charge in [0.25, 0.3) is 0 Å². The summed E-state index contributed by atoms with van der Waals surface area (Å²) in [6.07, 6.45) is 4.32. The van der Waals surface area contributed by atoms with Gasteiger partial charge in [-0.25, -0.2) is 9.37 Å². The molecular weight excluding hydrogens is 323 g/mol. The summed E-state index contributed by atoms with van der Waals surface area (Å²) < 4.78 is 13.7. The van der Waals surface area contributed by atoms with Gasteiger partial charge >= 0.3 is 0 Å². The lowest BCUT2D eigenvalue weighted by atomic mass is 10.1. The van der Waals surface area contributed by atoms with Gasteiger partial charge in [-0.2, -0.15) is 0 Å². The first-order valence-corrected chi connectivity index (χ1v) is 8.04. The molecule has 0 unspecified atom stereocenters. The Labute approximate surface area is 139 Å². The number of benzene rings is 1. The summed E-state index contributed by atoms with van der Waals surface area (Å²) in [6, 6.07) is 5.77. The maximum atomic E-state index is 13.7. The molecule has 4 nitrogen and oxygen atoms in total. The van der Waals surface area contributed by atoms with E-state index in [1.165, 1.54) is 24.2 Å². The smallest absolute Gasteiger partial charge is 0.180 e. The van der Waals surface area contributed by atoms with Gasteiger partial charge in [0.15, 0.2) is 5.13 Å². The van der Waals surface area contributed by atoms with Crippen LogP contribution in [0.15, 0.2) is 24.4 Å². The molecule has 118 valence electrons. The molecule has 0 radical (unpaired) electrons. The Kier molecular flexibility index (Phi) is 4.14. The summed E-state index contributed by atoms with van der Waals surface area (Å²) in [5, 5.41) is 0.584. The van der Waals surface area contributed by atoms with E-state index in [0.29, 0.717) is 11.2 Å². The molecule has 1 aliphatic carbocycles. The lowest BCUT2D eigenvalue weighted by molar-refractivity contribution is 0.621. The van der Waals surface area contributed by atoms with E-state index in [4.69, 9.17) is 5.73 Å². The molecule has 0 bridgehead atoms. The number of hydrogen-bond acceptors (Lipinski definition) is 5. The third kappa shape index (κ3) is 2.85. The average molecular weight is 341 g/mol. The highest BCUT2D eigenvalue weighted by Gasteiger charge is 2.34. The van der Waals surface area contributed by atoms with Gasteiger partial charge in [0.05, 0.1) is 17.9 Å². The fourth-order valence-electron chi connectivity index (χ4n) is 2.98. The van der Waals surface area contributed by atoms with Crippen molar-refractivity contribution in [3.63, 3.8) is 0 Å². The number of anilines is 3. The van der Waals surface area contributed by atoms with Crippen molar-refractivity contribution in [1.29, 1.82) is 0 Å². The molecule has 1 fully saturated rings. The van der Waals surface area contributed by atoms with E-state index in [0.717, 1.165) is 35.9 Å². The first-order chi connectivity index (χ1) is 10.2. The van der Waals surface area contributed by atoms with Crippen molar-refractivity contribution in [2.45, 2.75) is 25.4 Å². The van der Waals surface area contributed by atoms with E-state index in [-0.39, 0.29) is 18.2 Å². The number of thiazole rings is 1. The van der Waals surface area contributed by atoms with Gasteiger partial charge in [-0.05, 0) is 31.0 Å². The first kappa shape index (κ1) is 15.4. The average Bonchev–Trinajstić information content (AvgIpc) is 3.23. The molecule has 0 saturated heterocycles. The topological polar surface area (TPSA) is 45.4 Å². The maximum Gasteiger partial charge on any atom is 0.180 e. The number of nitrogens with zero attached hydrogens (tertiary/aromatic N) is 3. The summed E-state index contributed by atoms with van der Waals surface area (Å²) in [6.45, 7) is 2.65. The van der Waals surface area contributed by atoms with Gasteiger partial charge in [0.2, 0.25) is 0 Å². The van der Waals surface area contributed by atoms with Gasteiger partial charge in [-0.3, -0.25) is 0 Å². The number of nitrogens with two attached hydrogens (primary N) is 1. The Hall–Kier alpha value is -1.53. The Balaban J connectivity index is 0.00000144. The molecule has 1 aliphatic heterocycles. The number of rotatable bonds is 3. The van der Waals surface area contributed by atoms with Gasteiger partial charge in [0.1, 0.15) is 5.82 Å². The summed E-state index contributed by atoms with van der Waals surface area (Å²) in [4.78, 5) is 9.86. The molecule has 2 heterocycles. The number of aromatic nitrogens is 1. The molecule has 0 spiro atoms. The van der Waals surface area contributed by atoms with Crippen LogP contribution in [-0.2, 0) is 6.54 Å². The second-order valence-electron chi connectivity index (χ2n) is 5.64. The van der Waals surface area contributed by atoms with Crippen molar-refractivity contribution in [2.75, 3.05) is 28.6 Å². The van der Waals surface area contributed by atoms with Crippen LogP contribution < -0.4 is 15.5 Å². The summed E-state index contributed by atoms with van der Waals surface area (Å²) in [5.41, 5.74) is 7.83. The molecule has 1 saturated carbocycles. The van der Waals surface area contributed by atoms with Crippen LogP contribution in [0.25, 0.3) is 0 Å². The Bertz CT molecular complexity index is 673. The van der Waals surface area contributed by atoms with Crippen molar-refractivity contribution in [3.05, 3.63) is 35.1 Å². The zero-order chi connectivity index (χ0) is 14.4. The lowest BCUT2D eigenvalue weighted by Gasteiger charge is -2.39. The quantitative estimate of drug-likeness (QED) is 0.931. The van der Waals surface area contributed by atoms with Crippen molar-refractivity contribution in [1.82, 2.24) is 4.98 Å². The zero-order valence-electron chi connectivity index (χ0n) is 12.0. The summed E-state index contributed by atoms with van der Waals surface area (Å²) >= 11 is 1.50. The van der Waals surface area contributed by atoms with Crippen LogP contribution in [0.3, 0.4) is 0 Å². The van der Waals surface area contributed by atoms with E-state index < -0.39 is 0 Å². The molecule has 0 amide bonds. The standard InChI is InChI=1S/C15H17FN4S.ClH/c16-10-1-4-13-14(7-10)19(5-6-20(13)11-2-3-11)9-12-8-18-15(17)21-12;/h1,4,7-8,11H,2-3,5-6,9H2,(H2,17,18);1H. The van der Waals surface area contributed by atoms with Crippen LogP contribution >= 0.6 is 23.7 Å². The van der Waals surface area contributed by atoms with Gasteiger partial charge in [-0.15, -0.1) is 23.7 Å². The van der Waals surface area contributed by atoms with Crippen molar-refractivity contribution in [3.8, 4) is 0 Å². The number of fused-ring (bicyclic) bond motifs is 1. The second-order valence-corrected chi connectivity index (χ2v) is 6.79. The van der Waals surface area contributed by atoms with E-state index in [1.54, 1.807) is 12.1 Å². The summed E-state index contributed by atoms with van der Waals surface area (Å²) in [7, 11) is 0. The van der Waals surface area contributed by atoms with E-state index in [1.807, 2.05) is 12.3 Å². The van der Waals surface area contributed by atoms with Crippen molar-refractivity contribution >= 4 is 40.3 Å². The summed E-state index contributed by atoms with van der Waals surface area (Å²) in [5.74, 6) is -0.180. The van der Waals surface area contributed by atoms with Gasteiger partial charge in [-0.1, -0.05) is 0 Å². The number of hydrogen-bond donors (Lipinski definition) is 1. The highest BCUT2D eigenvalue weighted by Crippen LogP contribution is 2.41. The van der Waals surface area contributed by atoms with Crippen LogP contribution in [0, 0.1) is 5.82 Å². The van der Waals surface area contributed by atoms with E-state index in [2.05, 4.69) is 14.8 Å². The largest absolute Gasteiger partial charge is 0.375 e. The molecular formula is C15H18ClFN4S. The van der Waals surface area contributed by atoms with Crippen molar-refractivity contribution in [2.24, 2.45) is 0 Å². The molecule has 1 aromatic heterocycles. The van der Waals surface area contributed by atoms with Crippen LogP contribution in [0.1, 0.15) is 17.7 Å². The predicted molar refractivity (Wildman–Crippen MR) is 91.6 cm³/mol. The molecule has 2 N–H and O–H groups in total. The minimum absolute atomic E-state index is 0. The Morgan fingerprint density at radius 1 is 1.27 bits per heavy atom. The van der Waals surface area contributed by atoms with Gasteiger partial charge in [0, 0.05) is 30.2 Å². The van der Waals surface area contributed by atoms with E-state index in [9.17, 15) is 4.39 Å². The second kappa shape index (κ2) is 5.93. The molecule has 22 heavy (non-hydrogen) atoms. The van der Waals surface area contributed by atoms with Crippen LogP contribution in [-0.4, -0.2) is 24.1 Å². The lowest BCUT2D eigenvalue weighted by Crippen LogP contribution is -2.41. The monoisotopic (exact) mass is 340 g/mol. The fraction of sp³-hybridized carbons (Fsp3) is 0.400. The third-order valence-electron chi connectivity index (χ3n) is 4.10. The van der Waals surface area contributed by atoms with Crippen LogP contribution in [0.5, 0.6) is 0 Å². The Morgan fingerprint density at radius 3 is 2.77 bits per heavy atom. The maximum absolute atomic E-state index is 13.7. The molecule has 2 aliphatic rings. The number of halogens is 2. The number of nitrogen functional groups attached to an aromatic ring is 1. The fourth-order valence-corrected chi connectivity index (χ4v) is 3.68. The molecule has 4 rings (SSSR count). The highest BCUT2D eigenvalue weighted by molar-refractivity contribution is 7.15. The first-order valence-electron chi connectivity index (χ1n) is 7.22. The minimum Gasteiger partial charge on any atom is -0.375 e. The van der Waals surface area contributed by atoms with Crippen LogP contribution in [0.4, 0.5) is 20.9 Å². The zero-order valence-corrected chi connectivity index (χ0v) is 13.7. The van der Waals surface area contributed by atoms with Crippen LogP contribution in [0.2, 0.25) is 0 Å². The molecule has 2 aromatic rings. The highest BCUT2D eigenvalue weighted by atomic mass is 35.5. The molecule has 0 atom stereocenters. The third-order valence-corrected chi connectivity index (χ3v) is 4.92.